The van der Waals surface area contributed by atoms with Crippen LogP contribution in [0.2, 0.25) is 0 Å². The SMILES string of the molecule is CC(=O)NCCNC(=O)Cc1ccc(-c2ccccc2)cc1. The van der Waals surface area contributed by atoms with Gasteiger partial charge in [0.2, 0.25) is 11.8 Å². The zero-order chi connectivity index (χ0) is 15.8. The van der Waals surface area contributed by atoms with Gasteiger partial charge in [-0.1, -0.05) is 54.6 Å². The smallest absolute Gasteiger partial charge is 0.224 e. The summed E-state index contributed by atoms with van der Waals surface area (Å²) < 4.78 is 0. The first-order valence-corrected chi connectivity index (χ1v) is 7.30. The van der Waals surface area contributed by atoms with Gasteiger partial charge in [0.1, 0.15) is 0 Å². The number of hydrogen-bond donors (Lipinski definition) is 2. The van der Waals surface area contributed by atoms with Crippen LogP contribution in [0.5, 0.6) is 0 Å². The molecule has 0 spiro atoms. The number of rotatable bonds is 6. The second-order valence-electron chi connectivity index (χ2n) is 5.07. The van der Waals surface area contributed by atoms with E-state index < -0.39 is 0 Å². The largest absolute Gasteiger partial charge is 0.355 e. The summed E-state index contributed by atoms with van der Waals surface area (Å²) in [6.07, 6.45) is 0.342. The zero-order valence-electron chi connectivity index (χ0n) is 12.6. The standard InChI is InChI=1S/C18H20N2O2/c1-14(21)19-11-12-20-18(22)13-15-7-9-17(10-8-15)16-5-3-2-4-6-16/h2-10H,11-13H2,1H3,(H,19,21)(H,20,22). The molecule has 2 amide bonds. The number of amides is 2. The maximum atomic E-state index is 11.8. The summed E-state index contributed by atoms with van der Waals surface area (Å²) in [4.78, 5) is 22.5. The Morgan fingerprint density at radius 2 is 1.41 bits per heavy atom. The van der Waals surface area contributed by atoms with Gasteiger partial charge < -0.3 is 10.6 Å². The lowest BCUT2D eigenvalue weighted by molar-refractivity contribution is -0.121. The minimum Gasteiger partial charge on any atom is -0.355 e. The van der Waals surface area contributed by atoms with Crippen molar-refractivity contribution < 1.29 is 9.59 Å². The van der Waals surface area contributed by atoms with Gasteiger partial charge in [-0.15, -0.1) is 0 Å². The van der Waals surface area contributed by atoms with Crippen LogP contribution in [0.15, 0.2) is 54.6 Å². The molecule has 2 N–H and O–H groups in total. The van der Waals surface area contributed by atoms with E-state index in [2.05, 4.69) is 22.8 Å². The van der Waals surface area contributed by atoms with Crippen molar-refractivity contribution in [3.8, 4) is 11.1 Å². The summed E-state index contributed by atoms with van der Waals surface area (Å²) in [7, 11) is 0. The Balaban J connectivity index is 1.83. The van der Waals surface area contributed by atoms with Crippen molar-refractivity contribution in [3.63, 3.8) is 0 Å². The molecule has 0 heterocycles. The van der Waals surface area contributed by atoms with Crippen LogP contribution >= 0.6 is 0 Å². The van der Waals surface area contributed by atoms with Gasteiger partial charge in [0.25, 0.3) is 0 Å². The molecule has 22 heavy (non-hydrogen) atoms. The monoisotopic (exact) mass is 296 g/mol. The molecular formula is C18H20N2O2. The molecular weight excluding hydrogens is 276 g/mol. The van der Waals surface area contributed by atoms with E-state index in [-0.39, 0.29) is 11.8 Å². The molecule has 0 unspecified atom stereocenters. The Labute approximate surface area is 130 Å². The van der Waals surface area contributed by atoms with E-state index in [1.165, 1.54) is 6.92 Å². The highest BCUT2D eigenvalue weighted by Gasteiger charge is 2.03. The molecule has 0 fully saturated rings. The summed E-state index contributed by atoms with van der Waals surface area (Å²) in [5.41, 5.74) is 3.26. The van der Waals surface area contributed by atoms with E-state index in [0.29, 0.717) is 19.5 Å². The number of carbonyl (C=O) groups excluding carboxylic acids is 2. The Hall–Kier alpha value is -2.62. The van der Waals surface area contributed by atoms with Gasteiger partial charge in [0.15, 0.2) is 0 Å². The molecule has 0 saturated carbocycles. The topological polar surface area (TPSA) is 58.2 Å². The second kappa shape index (κ2) is 7.98. The predicted molar refractivity (Wildman–Crippen MR) is 87.3 cm³/mol. The van der Waals surface area contributed by atoms with Gasteiger partial charge in [-0.3, -0.25) is 9.59 Å². The third-order valence-electron chi connectivity index (χ3n) is 3.25. The lowest BCUT2D eigenvalue weighted by Gasteiger charge is -2.07. The fourth-order valence-electron chi connectivity index (χ4n) is 2.13. The van der Waals surface area contributed by atoms with Gasteiger partial charge in [-0.25, -0.2) is 0 Å². The Morgan fingerprint density at radius 1 is 0.818 bits per heavy atom. The molecule has 0 radical (unpaired) electrons. The average Bonchev–Trinajstić information content (AvgIpc) is 2.53. The minimum absolute atomic E-state index is 0.0437. The summed E-state index contributed by atoms with van der Waals surface area (Å²) in [6.45, 7) is 2.35. The Bertz CT molecular complexity index is 621. The molecule has 0 saturated heterocycles. The quantitative estimate of drug-likeness (QED) is 0.803. The molecule has 2 aromatic rings. The maximum absolute atomic E-state index is 11.8. The van der Waals surface area contributed by atoms with Crippen LogP contribution in [0.25, 0.3) is 11.1 Å². The van der Waals surface area contributed by atoms with E-state index in [9.17, 15) is 9.59 Å². The van der Waals surface area contributed by atoms with Crippen molar-refractivity contribution in [1.82, 2.24) is 10.6 Å². The lowest BCUT2D eigenvalue weighted by atomic mass is 10.0. The van der Waals surface area contributed by atoms with Crippen LogP contribution in [-0.4, -0.2) is 24.9 Å². The summed E-state index contributed by atoms with van der Waals surface area (Å²) in [6, 6.07) is 18.1. The van der Waals surface area contributed by atoms with Gasteiger partial charge in [0, 0.05) is 20.0 Å². The minimum atomic E-state index is -0.0919. The summed E-state index contributed by atoms with van der Waals surface area (Å²) >= 11 is 0. The zero-order valence-corrected chi connectivity index (χ0v) is 12.6. The molecule has 0 bridgehead atoms. The summed E-state index contributed by atoms with van der Waals surface area (Å²) in [5, 5.41) is 5.42. The highest BCUT2D eigenvalue weighted by atomic mass is 16.2. The van der Waals surface area contributed by atoms with Gasteiger partial charge in [-0.05, 0) is 16.7 Å². The highest BCUT2D eigenvalue weighted by Crippen LogP contribution is 2.19. The van der Waals surface area contributed by atoms with Crippen molar-refractivity contribution in [1.29, 1.82) is 0 Å². The number of benzene rings is 2. The predicted octanol–water partition coefficient (Wildman–Crippen LogP) is 2.15. The van der Waals surface area contributed by atoms with E-state index in [1.807, 2.05) is 42.5 Å². The Kier molecular flexibility index (Phi) is 5.72. The van der Waals surface area contributed by atoms with E-state index in [1.54, 1.807) is 0 Å². The van der Waals surface area contributed by atoms with Crippen molar-refractivity contribution in [2.45, 2.75) is 13.3 Å². The van der Waals surface area contributed by atoms with Gasteiger partial charge in [-0.2, -0.15) is 0 Å². The van der Waals surface area contributed by atoms with Crippen LogP contribution in [0.3, 0.4) is 0 Å². The van der Waals surface area contributed by atoms with E-state index >= 15 is 0 Å². The highest BCUT2D eigenvalue weighted by molar-refractivity contribution is 5.79. The maximum Gasteiger partial charge on any atom is 0.224 e. The number of nitrogens with one attached hydrogen (secondary N) is 2. The molecule has 2 aromatic carbocycles. The molecule has 0 aliphatic carbocycles. The fraction of sp³-hybridized carbons (Fsp3) is 0.222. The van der Waals surface area contributed by atoms with Crippen molar-refractivity contribution in [2.24, 2.45) is 0 Å². The molecule has 114 valence electrons. The van der Waals surface area contributed by atoms with Crippen LogP contribution in [0.4, 0.5) is 0 Å². The first-order chi connectivity index (χ1) is 10.6. The van der Waals surface area contributed by atoms with E-state index in [4.69, 9.17) is 0 Å². The molecule has 0 aliphatic rings. The number of carbonyl (C=O) groups is 2. The molecule has 0 atom stereocenters. The Morgan fingerprint density at radius 3 is 2.05 bits per heavy atom. The lowest BCUT2D eigenvalue weighted by Crippen LogP contribution is -2.34. The fourth-order valence-corrected chi connectivity index (χ4v) is 2.13. The van der Waals surface area contributed by atoms with Crippen LogP contribution in [0.1, 0.15) is 12.5 Å². The molecule has 0 aromatic heterocycles. The average molecular weight is 296 g/mol. The third-order valence-corrected chi connectivity index (χ3v) is 3.25. The molecule has 4 heteroatoms. The van der Waals surface area contributed by atoms with Crippen molar-refractivity contribution in [3.05, 3.63) is 60.2 Å². The first kappa shape index (κ1) is 15.8. The van der Waals surface area contributed by atoms with Gasteiger partial charge >= 0.3 is 0 Å². The van der Waals surface area contributed by atoms with Gasteiger partial charge in [0.05, 0.1) is 6.42 Å². The molecule has 2 rings (SSSR count). The van der Waals surface area contributed by atoms with Crippen molar-refractivity contribution >= 4 is 11.8 Å². The molecule has 4 nitrogen and oxygen atoms in total. The second-order valence-corrected chi connectivity index (χ2v) is 5.07. The third kappa shape index (κ3) is 5.05. The van der Waals surface area contributed by atoms with Crippen LogP contribution in [-0.2, 0) is 16.0 Å². The van der Waals surface area contributed by atoms with Crippen LogP contribution in [0, 0.1) is 0 Å². The summed E-state index contributed by atoms with van der Waals surface area (Å²) in [5.74, 6) is -0.136. The normalized spacial score (nSPS) is 10.0. The van der Waals surface area contributed by atoms with E-state index in [0.717, 1.165) is 16.7 Å². The van der Waals surface area contributed by atoms with Crippen LogP contribution < -0.4 is 10.6 Å². The number of hydrogen-bond acceptors (Lipinski definition) is 2. The molecule has 0 aliphatic heterocycles. The van der Waals surface area contributed by atoms with Crippen molar-refractivity contribution in [2.75, 3.05) is 13.1 Å². The first-order valence-electron chi connectivity index (χ1n) is 7.30.